The molecule has 1 heterocycles. The minimum absolute atomic E-state index is 0.463. The third-order valence-electron chi connectivity index (χ3n) is 2.57. The predicted molar refractivity (Wildman–Crippen MR) is 81.8 cm³/mol. The Labute approximate surface area is 124 Å². The fourth-order valence-corrected chi connectivity index (χ4v) is 2.42. The molecule has 5 nitrogen and oxygen atoms in total. The first-order valence-electron chi connectivity index (χ1n) is 6.53. The highest BCUT2D eigenvalue weighted by atomic mass is 32.2. The molecule has 108 valence electrons. The van der Waals surface area contributed by atoms with E-state index in [0.29, 0.717) is 16.4 Å². The zero-order valence-electron chi connectivity index (χ0n) is 11.9. The molecule has 1 aromatic rings. The molecule has 0 saturated carbocycles. The van der Waals surface area contributed by atoms with Crippen molar-refractivity contribution >= 4 is 11.8 Å². The Kier molecular flexibility index (Phi) is 7.55. The lowest BCUT2D eigenvalue weighted by Crippen LogP contribution is -2.23. The topological polar surface area (TPSA) is 75.2 Å². The molecular formula is C14H20N4OS. The molecule has 0 amide bonds. The number of hydrogen-bond acceptors (Lipinski definition) is 6. The summed E-state index contributed by atoms with van der Waals surface area (Å²) in [7, 11) is 0. The predicted octanol–water partition coefficient (Wildman–Crippen LogP) is 2.51. The van der Waals surface area contributed by atoms with Crippen LogP contribution in [0.4, 0.5) is 0 Å². The number of rotatable bonds is 8. The van der Waals surface area contributed by atoms with E-state index in [4.69, 9.17) is 15.7 Å². The number of nitriles is 1. The van der Waals surface area contributed by atoms with Gasteiger partial charge in [0.25, 0.3) is 0 Å². The molecule has 1 aromatic heterocycles. The third kappa shape index (κ3) is 5.51. The van der Waals surface area contributed by atoms with Gasteiger partial charge in [0.2, 0.25) is 0 Å². The fraction of sp³-hybridized carbons (Fsp3) is 0.429. The number of thioether (sulfide) groups is 1. The van der Waals surface area contributed by atoms with Crippen LogP contribution in [0, 0.1) is 11.3 Å². The second-order valence-electron chi connectivity index (χ2n) is 4.09. The molecule has 0 saturated heterocycles. The van der Waals surface area contributed by atoms with E-state index in [-0.39, 0.29) is 0 Å². The Morgan fingerprint density at radius 1 is 1.55 bits per heavy atom. The van der Waals surface area contributed by atoms with Crippen molar-refractivity contribution in [2.75, 3.05) is 19.0 Å². The quantitative estimate of drug-likeness (QED) is 0.586. The van der Waals surface area contributed by atoms with Gasteiger partial charge in [-0.25, -0.2) is 0 Å². The molecule has 0 atom stereocenters. The summed E-state index contributed by atoms with van der Waals surface area (Å²) in [6.07, 6.45) is 5.61. The maximum atomic E-state index is 8.82. The second-order valence-corrected chi connectivity index (χ2v) is 5.04. The largest absolute Gasteiger partial charge is 0.447 e. The van der Waals surface area contributed by atoms with E-state index >= 15 is 0 Å². The second kappa shape index (κ2) is 9.23. The maximum absolute atomic E-state index is 8.82. The molecule has 0 aliphatic rings. The van der Waals surface area contributed by atoms with Gasteiger partial charge >= 0.3 is 0 Å². The van der Waals surface area contributed by atoms with Crippen molar-refractivity contribution in [3.63, 3.8) is 0 Å². The van der Waals surface area contributed by atoms with Crippen LogP contribution in [-0.4, -0.2) is 28.9 Å². The first kappa shape index (κ1) is 16.3. The standard InChI is InChI=1S/C14H20N4OS/c1-3-5-18(4-2)11-20-14(8-16)19-13-6-12(7-15)9-17-10-13/h6,8-10H,3-5,11,16H2,1-2H3/b14-8-. The average Bonchev–Trinajstić information content (AvgIpc) is 2.50. The van der Waals surface area contributed by atoms with Gasteiger partial charge in [0, 0.05) is 18.5 Å². The van der Waals surface area contributed by atoms with Crippen LogP contribution in [-0.2, 0) is 0 Å². The highest BCUT2D eigenvalue weighted by Gasteiger charge is 2.06. The molecule has 0 aliphatic heterocycles. The molecule has 0 aliphatic carbocycles. The number of nitrogens with two attached hydrogens (primary N) is 1. The van der Waals surface area contributed by atoms with E-state index < -0.39 is 0 Å². The molecule has 0 unspecified atom stereocenters. The molecule has 0 bridgehead atoms. The summed E-state index contributed by atoms with van der Waals surface area (Å²) in [6.45, 7) is 6.32. The summed E-state index contributed by atoms with van der Waals surface area (Å²) in [5.74, 6) is 1.34. The zero-order chi connectivity index (χ0) is 14.8. The SMILES string of the molecule is CCCN(CC)CS/C(=C\N)Oc1cncc(C#N)c1. The van der Waals surface area contributed by atoms with E-state index in [9.17, 15) is 0 Å². The molecule has 6 heteroatoms. The van der Waals surface area contributed by atoms with Crippen molar-refractivity contribution in [1.29, 1.82) is 5.26 Å². The van der Waals surface area contributed by atoms with Crippen molar-refractivity contribution in [3.05, 3.63) is 35.3 Å². The Hall–Kier alpha value is -1.71. The van der Waals surface area contributed by atoms with Crippen molar-refractivity contribution in [2.45, 2.75) is 20.3 Å². The highest BCUT2D eigenvalue weighted by Crippen LogP contribution is 2.22. The van der Waals surface area contributed by atoms with E-state index in [1.165, 1.54) is 24.2 Å². The van der Waals surface area contributed by atoms with Gasteiger partial charge in [0.1, 0.15) is 11.8 Å². The van der Waals surface area contributed by atoms with Crippen LogP contribution in [0.15, 0.2) is 29.8 Å². The normalized spacial score (nSPS) is 11.4. The van der Waals surface area contributed by atoms with Gasteiger partial charge < -0.3 is 10.5 Å². The fourth-order valence-electron chi connectivity index (χ4n) is 1.55. The summed E-state index contributed by atoms with van der Waals surface area (Å²) in [4.78, 5) is 6.26. The van der Waals surface area contributed by atoms with Crippen LogP contribution in [0.3, 0.4) is 0 Å². The summed E-state index contributed by atoms with van der Waals surface area (Å²) in [6, 6.07) is 3.67. The molecular weight excluding hydrogens is 272 g/mol. The van der Waals surface area contributed by atoms with Gasteiger partial charge in [-0.3, -0.25) is 9.88 Å². The van der Waals surface area contributed by atoms with Gasteiger partial charge in [-0.1, -0.05) is 25.6 Å². The van der Waals surface area contributed by atoms with Gasteiger partial charge in [0.15, 0.2) is 5.09 Å². The maximum Gasteiger partial charge on any atom is 0.177 e. The van der Waals surface area contributed by atoms with E-state index in [1.54, 1.807) is 12.3 Å². The molecule has 2 N–H and O–H groups in total. The van der Waals surface area contributed by atoms with Crippen LogP contribution in [0.1, 0.15) is 25.8 Å². The van der Waals surface area contributed by atoms with Crippen molar-refractivity contribution in [2.24, 2.45) is 5.73 Å². The summed E-state index contributed by atoms with van der Waals surface area (Å²) in [5.41, 5.74) is 6.04. The van der Waals surface area contributed by atoms with Crippen LogP contribution in [0.5, 0.6) is 5.75 Å². The monoisotopic (exact) mass is 292 g/mol. The van der Waals surface area contributed by atoms with Gasteiger partial charge in [-0.2, -0.15) is 5.26 Å². The first-order valence-corrected chi connectivity index (χ1v) is 7.52. The number of pyridine rings is 1. The van der Waals surface area contributed by atoms with E-state index in [2.05, 4.69) is 23.7 Å². The molecule has 0 spiro atoms. The Morgan fingerprint density at radius 3 is 2.95 bits per heavy atom. The summed E-state index contributed by atoms with van der Waals surface area (Å²) in [5, 5.41) is 9.43. The minimum Gasteiger partial charge on any atom is -0.447 e. The molecule has 0 fully saturated rings. The number of nitrogens with zero attached hydrogens (tertiary/aromatic N) is 3. The molecule has 0 aromatic carbocycles. The van der Waals surface area contributed by atoms with E-state index in [1.807, 2.05) is 6.07 Å². The number of ether oxygens (including phenoxy) is 1. The lowest BCUT2D eigenvalue weighted by atomic mass is 10.3. The zero-order valence-corrected chi connectivity index (χ0v) is 12.7. The van der Waals surface area contributed by atoms with Gasteiger partial charge in [0.05, 0.1) is 17.6 Å². The lowest BCUT2D eigenvalue weighted by Gasteiger charge is -2.19. The minimum atomic E-state index is 0.463. The lowest BCUT2D eigenvalue weighted by molar-refractivity contribution is 0.338. The third-order valence-corrected chi connectivity index (χ3v) is 3.57. The van der Waals surface area contributed by atoms with Crippen LogP contribution >= 0.6 is 11.8 Å². The van der Waals surface area contributed by atoms with Crippen molar-refractivity contribution in [3.8, 4) is 11.8 Å². The Balaban J connectivity index is 2.57. The number of aromatic nitrogens is 1. The Morgan fingerprint density at radius 2 is 2.35 bits per heavy atom. The number of hydrogen-bond donors (Lipinski definition) is 1. The van der Waals surface area contributed by atoms with Crippen molar-refractivity contribution < 1.29 is 4.74 Å². The smallest absolute Gasteiger partial charge is 0.177 e. The van der Waals surface area contributed by atoms with E-state index in [0.717, 1.165) is 25.4 Å². The Bertz CT molecular complexity index is 484. The first-order chi connectivity index (χ1) is 9.73. The van der Waals surface area contributed by atoms with Crippen LogP contribution in [0.25, 0.3) is 0 Å². The van der Waals surface area contributed by atoms with Gasteiger partial charge in [-0.15, -0.1) is 0 Å². The van der Waals surface area contributed by atoms with Gasteiger partial charge in [-0.05, 0) is 19.5 Å². The summed E-state index contributed by atoms with van der Waals surface area (Å²) < 4.78 is 5.64. The van der Waals surface area contributed by atoms with Crippen molar-refractivity contribution in [1.82, 2.24) is 9.88 Å². The van der Waals surface area contributed by atoms with Crippen LogP contribution in [0.2, 0.25) is 0 Å². The average molecular weight is 292 g/mol. The highest BCUT2D eigenvalue weighted by molar-refractivity contribution is 8.02. The summed E-state index contributed by atoms with van der Waals surface area (Å²) >= 11 is 1.53. The molecule has 1 rings (SSSR count). The molecule has 0 radical (unpaired) electrons. The molecule has 20 heavy (non-hydrogen) atoms. The van der Waals surface area contributed by atoms with Crippen LogP contribution < -0.4 is 10.5 Å².